The number of aromatic carboxylic acids is 1. The molecular weight excluding hydrogens is 719 g/mol. The van der Waals surface area contributed by atoms with Gasteiger partial charge in [-0.1, -0.05) is 55.4 Å². The second kappa shape index (κ2) is 17.0. The number of hydrogen-bond acceptors (Lipinski definition) is 14. The third-order valence-electron chi connectivity index (χ3n) is 7.78. The van der Waals surface area contributed by atoms with Crippen molar-refractivity contribution >= 4 is 69.0 Å². The molecule has 4 aromatic rings. The molecule has 0 spiro atoms. The first-order chi connectivity index (χ1) is 23.6. The number of carboxylic acids is 1. The first-order valence-corrected chi connectivity index (χ1v) is 19.6. The lowest BCUT2D eigenvalue weighted by molar-refractivity contribution is 0.0690. The van der Waals surface area contributed by atoms with E-state index in [1.54, 1.807) is 16.1 Å². The predicted molar refractivity (Wildman–Crippen MR) is 195 cm³/mol. The van der Waals surface area contributed by atoms with Crippen LogP contribution in [-0.4, -0.2) is 48.7 Å². The van der Waals surface area contributed by atoms with Crippen molar-refractivity contribution in [2.24, 2.45) is 29.5 Å². The molecule has 0 unspecified atom stereocenters. The molecule has 0 fully saturated rings. The Labute approximate surface area is 306 Å². The fourth-order valence-corrected chi connectivity index (χ4v) is 8.95. The van der Waals surface area contributed by atoms with Crippen molar-refractivity contribution in [1.29, 1.82) is 0 Å². The highest BCUT2D eigenvalue weighted by atomic mass is 32.1. The Balaban J connectivity index is 1.44. The molecule has 18 heteroatoms. The van der Waals surface area contributed by atoms with E-state index < -0.39 is 35.9 Å². The van der Waals surface area contributed by atoms with E-state index in [2.05, 4.69) is 41.3 Å². The number of thiazole rings is 4. The van der Waals surface area contributed by atoms with E-state index >= 15 is 0 Å². The summed E-state index contributed by atoms with van der Waals surface area (Å²) < 4.78 is 0. The monoisotopic (exact) mass is 761 g/mol. The van der Waals surface area contributed by atoms with Crippen molar-refractivity contribution in [1.82, 2.24) is 41.3 Å². The van der Waals surface area contributed by atoms with E-state index in [1.165, 1.54) is 50.7 Å². The number of hydrazine groups is 1. The smallest absolute Gasteiger partial charge is 0.355 e. The standard InChI is InChI=1S/C32H43N9O5S4/c1-13(2)21(28-35-18(10-48-28)26(43)40-23(15(5)6)30-37-20(12-50-30)32(45)46)38-25(42)17-9-47-29(34-17)22(14(3)4)39-27(44)19-11-49-31(36-19)24(41-33)16(7)8/h9-16,21-24,41H,33H2,1-8H3,(H,38,42)(H,39,44)(H,40,43)(H,45,46)/t21-,22-,23-,24+/m0/s1. The minimum absolute atomic E-state index is 0.0263. The van der Waals surface area contributed by atoms with Crippen LogP contribution < -0.4 is 27.2 Å². The second-order valence-corrected chi connectivity index (χ2v) is 16.6. The van der Waals surface area contributed by atoms with Crippen LogP contribution in [0.4, 0.5) is 0 Å². The summed E-state index contributed by atoms with van der Waals surface area (Å²) in [6.07, 6.45) is 0. The molecular formula is C32H43N9O5S4. The zero-order valence-electron chi connectivity index (χ0n) is 29.0. The van der Waals surface area contributed by atoms with Gasteiger partial charge in [-0.25, -0.2) is 24.7 Å². The SMILES string of the molecule is CC(C)[C@H](NC(=O)c1csc([C@@H](NC(=O)c2csc([C@@H](NC(=O)c3csc([C@H](NN)C(C)C)n3)C(C)C)n2)C(C)C)n1)c1nc(C(=O)O)cs1. The predicted octanol–water partition coefficient (Wildman–Crippen LogP) is 5.75. The van der Waals surface area contributed by atoms with Crippen LogP contribution in [-0.2, 0) is 0 Å². The minimum atomic E-state index is -1.13. The van der Waals surface area contributed by atoms with Crippen molar-refractivity contribution in [3.8, 4) is 0 Å². The largest absolute Gasteiger partial charge is 0.476 e. The number of nitrogens with zero attached hydrogens (tertiary/aromatic N) is 4. The topological polar surface area (TPSA) is 214 Å². The van der Waals surface area contributed by atoms with Gasteiger partial charge in [0.15, 0.2) is 5.69 Å². The van der Waals surface area contributed by atoms with E-state index in [1.807, 2.05) is 55.4 Å². The summed E-state index contributed by atoms with van der Waals surface area (Å²) in [6.45, 7) is 15.7. The highest BCUT2D eigenvalue weighted by Crippen LogP contribution is 2.30. The van der Waals surface area contributed by atoms with Crippen LogP contribution in [0.3, 0.4) is 0 Å². The van der Waals surface area contributed by atoms with Crippen molar-refractivity contribution in [2.75, 3.05) is 0 Å². The Morgan fingerprint density at radius 3 is 1.02 bits per heavy atom. The number of carbonyl (C=O) groups excluding carboxylic acids is 3. The zero-order valence-corrected chi connectivity index (χ0v) is 32.3. The van der Waals surface area contributed by atoms with Gasteiger partial charge in [0.2, 0.25) is 0 Å². The van der Waals surface area contributed by atoms with Gasteiger partial charge in [-0.3, -0.25) is 25.7 Å². The van der Waals surface area contributed by atoms with Gasteiger partial charge >= 0.3 is 5.97 Å². The molecule has 270 valence electrons. The molecule has 0 aromatic carbocycles. The van der Waals surface area contributed by atoms with Crippen LogP contribution in [0.25, 0.3) is 0 Å². The quantitative estimate of drug-likeness (QED) is 0.0597. The Morgan fingerprint density at radius 2 is 0.780 bits per heavy atom. The van der Waals surface area contributed by atoms with E-state index in [0.29, 0.717) is 15.0 Å². The lowest BCUT2D eigenvalue weighted by atomic mass is 10.0. The van der Waals surface area contributed by atoms with Crippen molar-refractivity contribution < 1.29 is 24.3 Å². The third kappa shape index (κ3) is 9.35. The fraction of sp³-hybridized carbons (Fsp3) is 0.500. The fourth-order valence-electron chi connectivity index (χ4n) is 4.87. The Bertz CT molecular complexity index is 1790. The summed E-state index contributed by atoms with van der Waals surface area (Å²) in [4.78, 5) is 69.1. The Hall–Kier alpha value is -3.68. The molecule has 0 aliphatic carbocycles. The molecule has 3 amide bonds. The number of carbonyl (C=O) groups is 4. The number of hydrogen-bond donors (Lipinski definition) is 6. The maximum absolute atomic E-state index is 13.5. The molecule has 0 radical (unpaired) electrons. The average Bonchev–Trinajstić information content (AvgIpc) is 3.87. The number of nitrogens with two attached hydrogens (primary N) is 1. The molecule has 4 heterocycles. The lowest BCUT2D eigenvalue weighted by Crippen LogP contribution is -2.34. The highest BCUT2D eigenvalue weighted by Gasteiger charge is 2.29. The van der Waals surface area contributed by atoms with E-state index in [0.717, 1.165) is 5.01 Å². The molecule has 4 rings (SSSR count). The maximum atomic E-state index is 13.5. The molecule has 0 bridgehead atoms. The summed E-state index contributed by atoms with van der Waals surface area (Å²) in [5, 5.41) is 27.0. The Kier molecular flexibility index (Phi) is 13.3. The molecule has 7 N–H and O–H groups in total. The average molecular weight is 762 g/mol. The molecule has 4 atom stereocenters. The van der Waals surface area contributed by atoms with Gasteiger partial charge in [-0.15, -0.1) is 45.3 Å². The summed E-state index contributed by atoms with van der Waals surface area (Å²) in [5.41, 5.74) is 3.37. The van der Waals surface area contributed by atoms with Crippen LogP contribution in [0.2, 0.25) is 0 Å². The van der Waals surface area contributed by atoms with Gasteiger partial charge in [0, 0.05) is 21.5 Å². The molecule has 50 heavy (non-hydrogen) atoms. The van der Waals surface area contributed by atoms with Crippen LogP contribution in [0.1, 0.15) is 142 Å². The van der Waals surface area contributed by atoms with Gasteiger partial charge in [-0.05, 0) is 23.7 Å². The van der Waals surface area contributed by atoms with Gasteiger partial charge in [0.05, 0.1) is 24.2 Å². The van der Waals surface area contributed by atoms with Gasteiger partial charge in [-0.2, -0.15) is 0 Å². The third-order valence-corrected chi connectivity index (χ3v) is 11.5. The Morgan fingerprint density at radius 1 is 0.520 bits per heavy atom. The number of amides is 3. The normalized spacial score (nSPS) is 14.2. The molecule has 0 saturated heterocycles. The minimum Gasteiger partial charge on any atom is -0.476 e. The van der Waals surface area contributed by atoms with E-state index in [4.69, 9.17) is 5.84 Å². The van der Waals surface area contributed by atoms with Gasteiger partial charge in [0.1, 0.15) is 37.1 Å². The van der Waals surface area contributed by atoms with Gasteiger partial charge < -0.3 is 21.1 Å². The van der Waals surface area contributed by atoms with Crippen LogP contribution in [0.15, 0.2) is 21.5 Å². The maximum Gasteiger partial charge on any atom is 0.355 e. The molecule has 0 aliphatic rings. The molecule has 14 nitrogen and oxygen atoms in total. The van der Waals surface area contributed by atoms with Crippen LogP contribution >= 0.6 is 45.3 Å². The summed E-state index contributed by atoms with van der Waals surface area (Å²) in [7, 11) is 0. The summed E-state index contributed by atoms with van der Waals surface area (Å²) in [5.74, 6) is 3.43. The first-order valence-electron chi connectivity index (χ1n) is 16.0. The van der Waals surface area contributed by atoms with Crippen LogP contribution in [0, 0.1) is 23.7 Å². The lowest BCUT2D eigenvalue weighted by Gasteiger charge is -2.21. The zero-order chi connectivity index (χ0) is 36.9. The van der Waals surface area contributed by atoms with Crippen molar-refractivity contribution in [3.05, 3.63) is 64.3 Å². The van der Waals surface area contributed by atoms with E-state index in [-0.39, 0.29) is 58.4 Å². The summed E-state index contributed by atoms with van der Waals surface area (Å²) >= 11 is 5.08. The number of aromatic nitrogens is 4. The number of carboxylic acid groups (broad SMARTS) is 1. The van der Waals surface area contributed by atoms with Crippen molar-refractivity contribution in [3.63, 3.8) is 0 Å². The second-order valence-electron chi connectivity index (χ2n) is 13.1. The molecule has 4 aromatic heterocycles. The van der Waals surface area contributed by atoms with Crippen molar-refractivity contribution in [2.45, 2.75) is 79.6 Å². The van der Waals surface area contributed by atoms with E-state index in [9.17, 15) is 24.3 Å². The highest BCUT2D eigenvalue weighted by molar-refractivity contribution is 7.10. The van der Waals surface area contributed by atoms with Gasteiger partial charge in [0.25, 0.3) is 17.7 Å². The number of rotatable bonds is 16. The number of nitrogens with one attached hydrogen (secondary N) is 4. The molecule has 0 saturated carbocycles. The molecule has 0 aliphatic heterocycles. The summed E-state index contributed by atoms with van der Waals surface area (Å²) in [6, 6.07) is -1.64. The van der Waals surface area contributed by atoms with Crippen LogP contribution in [0.5, 0.6) is 0 Å². The first kappa shape index (κ1) is 39.1.